The lowest BCUT2D eigenvalue weighted by atomic mass is 9.77. The summed E-state index contributed by atoms with van der Waals surface area (Å²) in [5.41, 5.74) is -0.597. The Labute approximate surface area is 125 Å². The van der Waals surface area contributed by atoms with Crippen LogP contribution in [0.15, 0.2) is 12.1 Å². The number of ketones is 1. The molecule has 0 aliphatic rings. The van der Waals surface area contributed by atoms with Gasteiger partial charge in [-0.2, -0.15) is 13.2 Å². The van der Waals surface area contributed by atoms with Gasteiger partial charge in [0, 0.05) is 12.5 Å². The molecule has 1 rings (SSSR count). The number of carbonyl (C=O) groups is 1. The van der Waals surface area contributed by atoms with Crippen molar-refractivity contribution in [1.29, 1.82) is 0 Å². The monoisotopic (exact) mass is 319 g/mol. The van der Waals surface area contributed by atoms with E-state index in [1.165, 1.54) is 33.1 Å². The van der Waals surface area contributed by atoms with Gasteiger partial charge in [-0.3, -0.25) is 14.9 Å². The van der Waals surface area contributed by atoms with Crippen LogP contribution in [0.5, 0.6) is 5.75 Å². The molecule has 0 heterocycles. The molecule has 0 unspecified atom stereocenters. The summed E-state index contributed by atoms with van der Waals surface area (Å²) in [6.45, 7) is 4.50. The van der Waals surface area contributed by atoms with Crippen molar-refractivity contribution < 1.29 is 27.6 Å². The average molecular weight is 319 g/mol. The van der Waals surface area contributed by atoms with Gasteiger partial charge < -0.3 is 4.74 Å². The smallest absolute Gasteiger partial charge is 0.450 e. The number of methoxy groups -OCH3 is 1. The van der Waals surface area contributed by atoms with Gasteiger partial charge in [0.2, 0.25) is 5.78 Å². The van der Waals surface area contributed by atoms with Gasteiger partial charge in [0.15, 0.2) is 5.75 Å². The van der Waals surface area contributed by atoms with Crippen molar-refractivity contribution >= 4 is 11.5 Å². The molecule has 0 radical (unpaired) electrons. The Morgan fingerprint density at radius 3 is 2.27 bits per heavy atom. The third-order valence-corrected chi connectivity index (χ3v) is 3.37. The van der Waals surface area contributed by atoms with Crippen LogP contribution in [0.1, 0.15) is 31.4 Å². The number of nitro groups is 1. The molecule has 0 saturated carbocycles. The minimum atomic E-state index is -4.91. The SMILES string of the molecule is COc1cc(C(C)(C)CC(=O)C(F)(F)F)c(C)cc1[N+](=O)[O-]. The minimum Gasteiger partial charge on any atom is -0.490 e. The molecule has 0 saturated heterocycles. The summed E-state index contributed by atoms with van der Waals surface area (Å²) in [4.78, 5) is 21.5. The zero-order valence-corrected chi connectivity index (χ0v) is 12.6. The van der Waals surface area contributed by atoms with E-state index < -0.39 is 28.7 Å². The second kappa shape index (κ2) is 5.94. The van der Waals surface area contributed by atoms with E-state index >= 15 is 0 Å². The maximum Gasteiger partial charge on any atom is 0.450 e. The molecular formula is C14H16F3NO4. The number of ether oxygens (including phenoxy) is 1. The fraction of sp³-hybridized carbons (Fsp3) is 0.500. The third kappa shape index (κ3) is 3.75. The van der Waals surface area contributed by atoms with Crippen LogP contribution in [0.25, 0.3) is 0 Å². The van der Waals surface area contributed by atoms with Crippen molar-refractivity contribution in [2.75, 3.05) is 7.11 Å². The molecule has 0 fully saturated rings. The third-order valence-electron chi connectivity index (χ3n) is 3.37. The van der Waals surface area contributed by atoms with Crippen LogP contribution in [0.3, 0.4) is 0 Å². The standard InChI is InChI=1S/C14H16F3NO4/c1-8-5-10(18(20)21)11(22-4)6-9(8)13(2,3)7-12(19)14(15,16)17/h5-6H,7H2,1-4H3. The zero-order chi connectivity index (χ0) is 17.3. The lowest BCUT2D eigenvalue weighted by Crippen LogP contribution is -2.31. The van der Waals surface area contributed by atoms with E-state index in [-0.39, 0.29) is 11.4 Å². The van der Waals surface area contributed by atoms with Crippen LogP contribution >= 0.6 is 0 Å². The molecule has 8 heteroatoms. The van der Waals surface area contributed by atoms with E-state index in [2.05, 4.69) is 0 Å². The van der Waals surface area contributed by atoms with Crippen molar-refractivity contribution in [1.82, 2.24) is 0 Å². The van der Waals surface area contributed by atoms with Gasteiger partial charge in [0.05, 0.1) is 12.0 Å². The summed E-state index contributed by atoms with van der Waals surface area (Å²) in [6, 6.07) is 2.55. The summed E-state index contributed by atoms with van der Waals surface area (Å²) in [5.74, 6) is -1.90. The molecular weight excluding hydrogens is 303 g/mol. The number of benzene rings is 1. The summed E-state index contributed by atoms with van der Waals surface area (Å²) in [5, 5.41) is 10.9. The largest absolute Gasteiger partial charge is 0.490 e. The minimum absolute atomic E-state index is 0.0573. The summed E-state index contributed by atoms with van der Waals surface area (Å²) >= 11 is 0. The van der Waals surface area contributed by atoms with Crippen molar-refractivity contribution in [2.45, 2.75) is 38.8 Å². The highest BCUT2D eigenvalue weighted by atomic mass is 19.4. The van der Waals surface area contributed by atoms with Crippen molar-refractivity contribution in [2.24, 2.45) is 0 Å². The van der Waals surface area contributed by atoms with Gasteiger partial charge in [0.25, 0.3) is 0 Å². The fourth-order valence-corrected chi connectivity index (χ4v) is 2.30. The number of carbonyl (C=O) groups excluding carboxylic acids is 1. The van der Waals surface area contributed by atoms with Crippen LogP contribution in [0, 0.1) is 17.0 Å². The van der Waals surface area contributed by atoms with E-state index in [0.29, 0.717) is 11.1 Å². The maximum absolute atomic E-state index is 12.4. The number of aryl methyl sites for hydroxylation is 1. The molecule has 122 valence electrons. The first-order chi connectivity index (χ1) is 9.90. The number of Topliss-reactive ketones (excluding diaryl/α,β-unsaturated/α-hetero) is 1. The molecule has 22 heavy (non-hydrogen) atoms. The van der Waals surface area contributed by atoms with Crippen LogP contribution in [-0.4, -0.2) is 24.0 Å². The number of alkyl halides is 3. The average Bonchev–Trinajstić information content (AvgIpc) is 2.36. The summed E-state index contributed by atoms with van der Waals surface area (Å²) in [7, 11) is 1.23. The van der Waals surface area contributed by atoms with Gasteiger partial charge in [-0.25, -0.2) is 0 Å². The van der Waals surface area contributed by atoms with Crippen LogP contribution < -0.4 is 4.74 Å². The normalized spacial score (nSPS) is 12.1. The Balaban J connectivity index is 3.30. The van der Waals surface area contributed by atoms with Crippen LogP contribution in [-0.2, 0) is 10.2 Å². The molecule has 0 aromatic heterocycles. The highest BCUT2D eigenvalue weighted by Crippen LogP contribution is 2.38. The predicted molar refractivity (Wildman–Crippen MR) is 73.1 cm³/mol. The first kappa shape index (κ1) is 17.9. The van der Waals surface area contributed by atoms with Gasteiger partial charge in [-0.1, -0.05) is 13.8 Å². The van der Waals surface area contributed by atoms with Crippen molar-refractivity contribution in [3.8, 4) is 5.75 Å². The van der Waals surface area contributed by atoms with Crippen molar-refractivity contribution in [3.05, 3.63) is 33.4 Å². The Morgan fingerprint density at radius 2 is 1.86 bits per heavy atom. The van der Waals surface area contributed by atoms with Crippen molar-refractivity contribution in [3.63, 3.8) is 0 Å². The Kier molecular flexibility index (Phi) is 4.84. The molecule has 0 N–H and O–H groups in total. The van der Waals surface area contributed by atoms with Gasteiger partial charge in [-0.05, 0) is 29.5 Å². The predicted octanol–water partition coefficient (Wildman–Crippen LogP) is 3.71. The molecule has 0 aliphatic carbocycles. The first-order valence-corrected chi connectivity index (χ1v) is 6.33. The number of nitrogens with zero attached hydrogens (tertiary/aromatic N) is 1. The number of nitro benzene ring substituents is 1. The highest BCUT2D eigenvalue weighted by molar-refractivity contribution is 5.85. The quantitative estimate of drug-likeness (QED) is 0.613. The van der Waals surface area contributed by atoms with E-state index in [1.807, 2.05) is 0 Å². The number of halogens is 3. The maximum atomic E-state index is 12.4. The van der Waals surface area contributed by atoms with Gasteiger partial charge in [-0.15, -0.1) is 0 Å². The van der Waals surface area contributed by atoms with Crippen LogP contribution in [0.4, 0.5) is 18.9 Å². The van der Waals surface area contributed by atoms with E-state index in [0.717, 1.165) is 0 Å². The Bertz CT molecular complexity index is 609. The zero-order valence-electron chi connectivity index (χ0n) is 12.6. The lowest BCUT2D eigenvalue weighted by molar-refractivity contribution is -0.385. The summed E-state index contributed by atoms with van der Waals surface area (Å²) < 4.78 is 42.3. The van der Waals surface area contributed by atoms with E-state index in [9.17, 15) is 28.1 Å². The molecule has 0 bridgehead atoms. The second-order valence-electron chi connectivity index (χ2n) is 5.58. The number of hydrogen-bond acceptors (Lipinski definition) is 4. The Morgan fingerprint density at radius 1 is 1.32 bits per heavy atom. The highest BCUT2D eigenvalue weighted by Gasteiger charge is 2.42. The molecule has 0 atom stereocenters. The number of rotatable bonds is 5. The van der Waals surface area contributed by atoms with Gasteiger partial charge in [0.1, 0.15) is 0 Å². The first-order valence-electron chi connectivity index (χ1n) is 6.33. The van der Waals surface area contributed by atoms with E-state index in [4.69, 9.17) is 4.74 Å². The lowest BCUT2D eigenvalue weighted by Gasteiger charge is -2.27. The number of hydrogen-bond donors (Lipinski definition) is 0. The molecule has 0 aliphatic heterocycles. The molecule has 0 spiro atoms. The second-order valence-corrected chi connectivity index (χ2v) is 5.58. The summed E-state index contributed by atoms with van der Waals surface area (Å²) in [6.07, 6.45) is -5.66. The molecule has 0 amide bonds. The molecule has 5 nitrogen and oxygen atoms in total. The fourth-order valence-electron chi connectivity index (χ4n) is 2.30. The molecule has 1 aromatic rings. The van der Waals surface area contributed by atoms with Gasteiger partial charge >= 0.3 is 11.9 Å². The van der Waals surface area contributed by atoms with Crippen LogP contribution in [0.2, 0.25) is 0 Å². The molecule has 1 aromatic carbocycles. The van der Waals surface area contributed by atoms with E-state index in [1.54, 1.807) is 6.92 Å². The topological polar surface area (TPSA) is 69.4 Å². The Hall–Kier alpha value is -2.12.